The van der Waals surface area contributed by atoms with Crippen molar-refractivity contribution in [3.8, 4) is 0 Å². The summed E-state index contributed by atoms with van der Waals surface area (Å²) >= 11 is 6.42. The maximum absolute atomic E-state index is 13.2. The number of nitrogens with one attached hydrogen (secondary N) is 2. The Morgan fingerprint density at radius 1 is 1.62 bits per heavy atom. The van der Waals surface area contributed by atoms with Crippen LogP contribution in [-0.2, 0) is 4.79 Å². The summed E-state index contributed by atoms with van der Waals surface area (Å²) < 4.78 is 13.2. The minimum absolute atomic E-state index is 0.0304. The first-order valence-electron chi connectivity index (χ1n) is 4.21. The Morgan fingerprint density at radius 2 is 2.31 bits per heavy atom. The zero-order chi connectivity index (χ0) is 12.1. The molecule has 0 radical (unpaired) electrons. The van der Waals surface area contributed by atoms with Crippen LogP contribution in [0.15, 0.2) is 18.2 Å². The van der Waals surface area contributed by atoms with E-state index in [1.165, 1.54) is 12.1 Å². The van der Waals surface area contributed by atoms with Gasteiger partial charge in [-0.3, -0.25) is 10.2 Å². The van der Waals surface area contributed by atoms with E-state index in [0.29, 0.717) is 0 Å². The molecule has 0 aliphatic heterocycles. The zero-order valence-corrected chi connectivity index (χ0v) is 9.66. The van der Waals surface area contributed by atoms with Crippen LogP contribution in [0.3, 0.4) is 0 Å². The number of nitrogens with two attached hydrogens (primary N) is 1. The van der Waals surface area contributed by atoms with Crippen LogP contribution >= 0.6 is 23.4 Å². The van der Waals surface area contributed by atoms with E-state index in [9.17, 15) is 9.18 Å². The molecule has 0 bridgehead atoms. The maximum atomic E-state index is 13.2. The van der Waals surface area contributed by atoms with Crippen LogP contribution < -0.4 is 11.1 Å². The molecule has 4 N–H and O–H groups in total. The van der Waals surface area contributed by atoms with Crippen LogP contribution in [0.5, 0.6) is 0 Å². The number of anilines is 1. The van der Waals surface area contributed by atoms with Crippen LogP contribution in [0, 0.1) is 11.2 Å². The Morgan fingerprint density at radius 3 is 2.88 bits per heavy atom. The third-order valence-corrected chi connectivity index (χ3v) is 2.52. The van der Waals surface area contributed by atoms with Crippen molar-refractivity contribution in [1.29, 1.82) is 5.41 Å². The number of halogens is 2. The Hall–Kier alpha value is -1.27. The molecule has 0 atom stereocenters. The van der Waals surface area contributed by atoms with E-state index in [4.69, 9.17) is 22.7 Å². The smallest absolute Gasteiger partial charge is 0.234 e. The third kappa shape index (κ3) is 4.08. The van der Waals surface area contributed by atoms with Gasteiger partial charge in [0.25, 0.3) is 0 Å². The lowest BCUT2D eigenvalue weighted by Gasteiger charge is -2.05. The van der Waals surface area contributed by atoms with Crippen LogP contribution in [0.4, 0.5) is 10.1 Å². The number of amides is 1. The van der Waals surface area contributed by atoms with E-state index in [1.54, 1.807) is 0 Å². The molecule has 0 fully saturated rings. The molecule has 86 valence electrons. The van der Waals surface area contributed by atoms with Crippen LogP contribution in [0.2, 0.25) is 5.02 Å². The normalized spacial score (nSPS) is 9.88. The summed E-state index contributed by atoms with van der Waals surface area (Å²) in [6.07, 6.45) is 0. The van der Waals surface area contributed by atoms with Gasteiger partial charge in [0.2, 0.25) is 5.91 Å². The molecule has 7 heteroatoms. The predicted octanol–water partition coefficient (Wildman–Crippen LogP) is 2.04. The second-order valence-electron chi connectivity index (χ2n) is 2.83. The predicted molar refractivity (Wildman–Crippen MR) is 64.4 cm³/mol. The summed E-state index contributed by atoms with van der Waals surface area (Å²) in [6, 6.07) is 3.95. The van der Waals surface area contributed by atoms with Gasteiger partial charge in [0.15, 0.2) is 5.17 Å². The fourth-order valence-corrected chi connectivity index (χ4v) is 1.44. The molecule has 0 heterocycles. The lowest BCUT2D eigenvalue weighted by molar-refractivity contribution is -0.113. The number of hydrogen-bond acceptors (Lipinski definition) is 3. The highest BCUT2D eigenvalue weighted by atomic mass is 35.5. The summed E-state index contributed by atoms with van der Waals surface area (Å²) in [5.74, 6) is -1.06. The van der Waals surface area contributed by atoms with Crippen LogP contribution in [0.25, 0.3) is 0 Å². The largest absolute Gasteiger partial charge is 0.379 e. The molecule has 4 nitrogen and oxygen atoms in total. The van der Waals surface area contributed by atoms with Crippen molar-refractivity contribution >= 4 is 40.1 Å². The number of carbonyl (C=O) groups is 1. The second-order valence-corrected chi connectivity index (χ2v) is 4.28. The van der Waals surface area contributed by atoms with Crippen molar-refractivity contribution < 1.29 is 9.18 Å². The molecule has 1 aromatic rings. The number of hydrogen-bond donors (Lipinski definition) is 3. The van der Waals surface area contributed by atoms with E-state index < -0.39 is 11.7 Å². The van der Waals surface area contributed by atoms with Crippen molar-refractivity contribution in [3.63, 3.8) is 0 Å². The molecule has 1 amide bonds. The summed E-state index contributed by atoms with van der Waals surface area (Å²) in [5, 5.41) is 9.35. The van der Waals surface area contributed by atoms with Gasteiger partial charge in [-0.2, -0.15) is 0 Å². The summed E-state index contributed by atoms with van der Waals surface area (Å²) in [7, 11) is 0. The minimum Gasteiger partial charge on any atom is -0.379 e. The first-order chi connectivity index (χ1) is 7.49. The van der Waals surface area contributed by atoms with Gasteiger partial charge in [-0.05, 0) is 18.2 Å². The van der Waals surface area contributed by atoms with E-state index in [2.05, 4.69) is 5.32 Å². The van der Waals surface area contributed by atoms with Gasteiger partial charge in [0.1, 0.15) is 5.82 Å². The second kappa shape index (κ2) is 5.72. The molecular formula is C9H9ClFN3OS. The topological polar surface area (TPSA) is 79.0 Å². The molecule has 1 rings (SSSR count). The molecule has 0 aromatic heterocycles. The minimum atomic E-state index is -0.603. The van der Waals surface area contributed by atoms with Crippen LogP contribution in [-0.4, -0.2) is 16.8 Å². The standard InChI is InChI=1S/C9H9ClFN3OS/c10-5-1-2-7(6(11)3-5)14-8(15)4-16-9(12)13/h1-3H,4H2,(H3,12,13)(H,14,15). The van der Waals surface area contributed by atoms with Crippen molar-refractivity contribution in [2.75, 3.05) is 11.1 Å². The SMILES string of the molecule is N=C(N)SCC(=O)Nc1ccc(Cl)cc1F. The number of carbonyl (C=O) groups excluding carboxylic acids is 1. The molecule has 16 heavy (non-hydrogen) atoms. The van der Waals surface area contributed by atoms with Gasteiger partial charge in [-0.15, -0.1) is 0 Å². The van der Waals surface area contributed by atoms with Crippen LogP contribution in [0.1, 0.15) is 0 Å². The Kier molecular flexibility index (Phi) is 4.57. The molecular weight excluding hydrogens is 253 g/mol. The quantitative estimate of drug-likeness (QED) is 0.575. The first-order valence-corrected chi connectivity index (χ1v) is 5.57. The van der Waals surface area contributed by atoms with E-state index in [-0.39, 0.29) is 21.6 Å². The lowest BCUT2D eigenvalue weighted by atomic mass is 10.3. The monoisotopic (exact) mass is 261 g/mol. The van der Waals surface area contributed by atoms with Crippen molar-refractivity contribution in [2.45, 2.75) is 0 Å². The average Bonchev–Trinajstić information content (AvgIpc) is 2.19. The third-order valence-electron chi connectivity index (χ3n) is 1.56. The molecule has 0 spiro atoms. The highest BCUT2D eigenvalue weighted by Gasteiger charge is 2.07. The number of benzene rings is 1. The van der Waals surface area contributed by atoms with Gasteiger partial charge in [-0.1, -0.05) is 23.4 Å². The Labute approximate surface area is 101 Å². The van der Waals surface area contributed by atoms with Gasteiger partial charge < -0.3 is 11.1 Å². The fraction of sp³-hybridized carbons (Fsp3) is 0.111. The number of amidine groups is 1. The van der Waals surface area contributed by atoms with Gasteiger partial charge in [0.05, 0.1) is 11.4 Å². The number of rotatable bonds is 3. The highest BCUT2D eigenvalue weighted by molar-refractivity contribution is 8.14. The van der Waals surface area contributed by atoms with Gasteiger partial charge in [-0.25, -0.2) is 4.39 Å². The summed E-state index contributed by atoms with van der Waals surface area (Å²) in [4.78, 5) is 11.3. The van der Waals surface area contributed by atoms with E-state index >= 15 is 0 Å². The molecule has 0 aliphatic carbocycles. The Balaban J connectivity index is 2.59. The first kappa shape index (κ1) is 12.8. The van der Waals surface area contributed by atoms with E-state index in [0.717, 1.165) is 17.8 Å². The van der Waals surface area contributed by atoms with Gasteiger partial charge in [0, 0.05) is 5.02 Å². The average molecular weight is 262 g/mol. The molecule has 0 unspecified atom stereocenters. The maximum Gasteiger partial charge on any atom is 0.234 e. The molecule has 0 saturated carbocycles. The zero-order valence-electron chi connectivity index (χ0n) is 8.09. The van der Waals surface area contributed by atoms with Crippen molar-refractivity contribution in [3.05, 3.63) is 29.0 Å². The van der Waals surface area contributed by atoms with E-state index in [1.807, 2.05) is 0 Å². The summed E-state index contributed by atoms with van der Waals surface area (Å²) in [6.45, 7) is 0. The Bertz CT molecular complexity index is 427. The summed E-state index contributed by atoms with van der Waals surface area (Å²) in [5.41, 5.74) is 5.11. The van der Waals surface area contributed by atoms with Crippen molar-refractivity contribution in [2.24, 2.45) is 5.73 Å². The van der Waals surface area contributed by atoms with Crippen molar-refractivity contribution in [1.82, 2.24) is 0 Å². The van der Waals surface area contributed by atoms with Gasteiger partial charge >= 0.3 is 0 Å². The number of thioether (sulfide) groups is 1. The lowest BCUT2D eigenvalue weighted by Crippen LogP contribution is -2.17. The molecule has 0 saturated heterocycles. The fourth-order valence-electron chi connectivity index (χ4n) is 0.920. The highest BCUT2D eigenvalue weighted by Crippen LogP contribution is 2.18. The molecule has 0 aliphatic rings. The molecule has 1 aromatic carbocycles.